The van der Waals surface area contributed by atoms with Gasteiger partial charge in [-0.1, -0.05) is 13.8 Å². The first-order valence-electron chi connectivity index (χ1n) is 7.11. The minimum Gasteiger partial charge on any atom is -0.314 e. The minimum absolute atomic E-state index is 0.573. The summed E-state index contributed by atoms with van der Waals surface area (Å²) in [5, 5.41) is 3.71. The third kappa shape index (κ3) is 2.28. The molecule has 2 aliphatic carbocycles. The van der Waals surface area contributed by atoms with Crippen molar-refractivity contribution >= 4 is 0 Å². The minimum atomic E-state index is 0.573. The molecule has 0 aromatic carbocycles. The van der Waals surface area contributed by atoms with Gasteiger partial charge in [-0.15, -0.1) is 0 Å². The summed E-state index contributed by atoms with van der Waals surface area (Å²) in [4.78, 5) is 2.77. The summed E-state index contributed by atoms with van der Waals surface area (Å²) in [5.74, 6) is 0.953. The molecule has 16 heavy (non-hydrogen) atoms. The second-order valence-corrected chi connectivity index (χ2v) is 6.97. The van der Waals surface area contributed by atoms with E-state index in [9.17, 15) is 0 Å². The largest absolute Gasteiger partial charge is 0.314 e. The van der Waals surface area contributed by atoms with E-state index >= 15 is 0 Å². The molecule has 2 nitrogen and oxygen atoms in total. The first-order chi connectivity index (χ1) is 7.64. The Bertz CT molecular complexity index is 257. The number of rotatable bonds is 4. The fraction of sp³-hybridized carbons (Fsp3) is 1.00. The van der Waals surface area contributed by atoms with Gasteiger partial charge in [0.05, 0.1) is 0 Å². The first-order valence-corrected chi connectivity index (χ1v) is 7.11. The lowest BCUT2D eigenvalue weighted by atomic mass is 9.78. The maximum atomic E-state index is 3.71. The number of likely N-dealkylation sites (tertiary alicyclic amines) is 1. The van der Waals surface area contributed by atoms with Gasteiger partial charge in [0.15, 0.2) is 0 Å². The number of hydrogen-bond acceptors (Lipinski definition) is 2. The molecular formula is C14H26N2. The third-order valence-electron chi connectivity index (χ3n) is 4.80. The van der Waals surface area contributed by atoms with Gasteiger partial charge >= 0.3 is 0 Å². The normalized spacial score (nSPS) is 38.6. The molecule has 0 aromatic rings. The van der Waals surface area contributed by atoms with Crippen molar-refractivity contribution in [1.29, 1.82) is 0 Å². The standard InChI is InChI=1S/C14H26N2/c1-14(2)7-8-16(10-14)13-6-3-11(13)9-15-12-4-5-12/h11-13,15H,3-10H2,1-2H3. The summed E-state index contributed by atoms with van der Waals surface area (Å²) in [6.07, 6.45) is 7.16. The van der Waals surface area contributed by atoms with Crippen molar-refractivity contribution in [1.82, 2.24) is 10.2 Å². The van der Waals surface area contributed by atoms with Gasteiger partial charge in [0.1, 0.15) is 0 Å². The van der Waals surface area contributed by atoms with Crippen molar-refractivity contribution in [2.45, 2.75) is 58.0 Å². The van der Waals surface area contributed by atoms with Crippen LogP contribution in [0.25, 0.3) is 0 Å². The molecule has 0 bridgehead atoms. The monoisotopic (exact) mass is 222 g/mol. The highest BCUT2D eigenvalue weighted by atomic mass is 15.2. The van der Waals surface area contributed by atoms with Crippen molar-refractivity contribution in [2.24, 2.45) is 11.3 Å². The lowest BCUT2D eigenvalue weighted by molar-refractivity contribution is 0.0739. The molecule has 0 amide bonds. The summed E-state index contributed by atoms with van der Waals surface area (Å²) in [6, 6.07) is 1.80. The molecule has 0 aromatic heterocycles. The molecule has 3 fully saturated rings. The Morgan fingerprint density at radius 1 is 1.19 bits per heavy atom. The molecule has 2 saturated carbocycles. The Labute approximate surface area is 99.8 Å². The maximum Gasteiger partial charge on any atom is 0.0136 e. The summed E-state index contributed by atoms with van der Waals surface area (Å²) in [5.41, 5.74) is 0.573. The van der Waals surface area contributed by atoms with E-state index in [1.165, 1.54) is 51.7 Å². The molecular weight excluding hydrogens is 196 g/mol. The topological polar surface area (TPSA) is 15.3 Å². The summed E-state index contributed by atoms with van der Waals surface area (Å²) >= 11 is 0. The van der Waals surface area contributed by atoms with Gasteiger partial charge in [-0.05, 0) is 56.5 Å². The molecule has 0 spiro atoms. The predicted octanol–water partition coefficient (Wildman–Crippen LogP) is 2.25. The van der Waals surface area contributed by atoms with Crippen LogP contribution in [0.4, 0.5) is 0 Å². The van der Waals surface area contributed by atoms with E-state index in [1.54, 1.807) is 0 Å². The SMILES string of the molecule is CC1(C)CCN(C2CCC2CNC2CC2)C1. The van der Waals surface area contributed by atoms with E-state index in [0.29, 0.717) is 5.41 Å². The molecule has 3 rings (SSSR count). The Hall–Kier alpha value is -0.0800. The molecule has 3 aliphatic rings. The van der Waals surface area contributed by atoms with Crippen LogP contribution >= 0.6 is 0 Å². The highest BCUT2D eigenvalue weighted by Crippen LogP contribution is 2.38. The zero-order valence-corrected chi connectivity index (χ0v) is 10.8. The van der Waals surface area contributed by atoms with Crippen molar-refractivity contribution in [3.8, 4) is 0 Å². The number of hydrogen-bond donors (Lipinski definition) is 1. The van der Waals surface area contributed by atoms with E-state index in [1.807, 2.05) is 0 Å². The van der Waals surface area contributed by atoms with Gasteiger partial charge in [0.25, 0.3) is 0 Å². The molecule has 92 valence electrons. The zero-order valence-electron chi connectivity index (χ0n) is 10.8. The Morgan fingerprint density at radius 3 is 2.50 bits per heavy atom. The van der Waals surface area contributed by atoms with Gasteiger partial charge < -0.3 is 5.32 Å². The average molecular weight is 222 g/mol. The highest BCUT2D eigenvalue weighted by Gasteiger charge is 2.41. The predicted molar refractivity (Wildman–Crippen MR) is 67.5 cm³/mol. The molecule has 1 heterocycles. The smallest absolute Gasteiger partial charge is 0.0136 e. The zero-order chi connectivity index (χ0) is 11.2. The highest BCUT2D eigenvalue weighted by molar-refractivity contribution is 4.96. The van der Waals surface area contributed by atoms with Crippen LogP contribution in [0.15, 0.2) is 0 Å². The fourth-order valence-corrected chi connectivity index (χ4v) is 3.31. The third-order valence-corrected chi connectivity index (χ3v) is 4.80. The summed E-state index contributed by atoms with van der Waals surface area (Å²) < 4.78 is 0. The Morgan fingerprint density at radius 2 is 2.00 bits per heavy atom. The summed E-state index contributed by atoms with van der Waals surface area (Å²) in [7, 11) is 0. The van der Waals surface area contributed by atoms with Crippen LogP contribution in [0, 0.1) is 11.3 Å². The van der Waals surface area contributed by atoms with Crippen LogP contribution in [0.2, 0.25) is 0 Å². The number of nitrogens with zero attached hydrogens (tertiary/aromatic N) is 1. The second kappa shape index (κ2) is 3.99. The quantitative estimate of drug-likeness (QED) is 0.785. The molecule has 1 N–H and O–H groups in total. The molecule has 2 unspecified atom stereocenters. The van der Waals surface area contributed by atoms with Crippen LogP contribution in [0.5, 0.6) is 0 Å². The first kappa shape index (κ1) is 11.0. The van der Waals surface area contributed by atoms with E-state index in [-0.39, 0.29) is 0 Å². The van der Waals surface area contributed by atoms with Crippen molar-refractivity contribution in [3.63, 3.8) is 0 Å². The van der Waals surface area contributed by atoms with Gasteiger partial charge in [0.2, 0.25) is 0 Å². The van der Waals surface area contributed by atoms with Crippen LogP contribution in [0.3, 0.4) is 0 Å². The van der Waals surface area contributed by atoms with Crippen molar-refractivity contribution < 1.29 is 0 Å². The molecule has 1 aliphatic heterocycles. The van der Waals surface area contributed by atoms with Crippen molar-refractivity contribution in [2.75, 3.05) is 19.6 Å². The van der Waals surface area contributed by atoms with E-state index in [4.69, 9.17) is 0 Å². The Kier molecular flexibility index (Phi) is 2.75. The summed E-state index contributed by atoms with van der Waals surface area (Å²) in [6.45, 7) is 8.80. The lowest BCUT2D eigenvalue weighted by Crippen LogP contribution is -2.50. The Balaban J connectivity index is 1.47. The van der Waals surface area contributed by atoms with Crippen LogP contribution in [-0.2, 0) is 0 Å². The van der Waals surface area contributed by atoms with E-state index in [2.05, 4.69) is 24.1 Å². The van der Waals surface area contributed by atoms with Gasteiger partial charge in [-0.3, -0.25) is 4.90 Å². The van der Waals surface area contributed by atoms with Gasteiger partial charge in [0, 0.05) is 18.6 Å². The fourth-order valence-electron chi connectivity index (χ4n) is 3.31. The van der Waals surface area contributed by atoms with E-state index < -0.39 is 0 Å². The molecule has 1 saturated heterocycles. The van der Waals surface area contributed by atoms with Crippen LogP contribution < -0.4 is 5.32 Å². The van der Waals surface area contributed by atoms with Crippen molar-refractivity contribution in [3.05, 3.63) is 0 Å². The van der Waals surface area contributed by atoms with Crippen LogP contribution in [0.1, 0.15) is 46.0 Å². The molecule has 2 heteroatoms. The lowest BCUT2D eigenvalue weighted by Gasteiger charge is -2.43. The molecule has 0 radical (unpaired) electrons. The van der Waals surface area contributed by atoms with Gasteiger partial charge in [-0.2, -0.15) is 0 Å². The van der Waals surface area contributed by atoms with Gasteiger partial charge in [-0.25, -0.2) is 0 Å². The van der Waals surface area contributed by atoms with Crippen LogP contribution in [-0.4, -0.2) is 36.6 Å². The van der Waals surface area contributed by atoms with E-state index in [0.717, 1.165) is 18.0 Å². The molecule has 2 atom stereocenters. The average Bonchev–Trinajstić information content (AvgIpc) is 2.91. The maximum absolute atomic E-state index is 3.71. The second-order valence-electron chi connectivity index (χ2n) is 6.97. The number of nitrogens with one attached hydrogen (secondary N) is 1.